The summed E-state index contributed by atoms with van der Waals surface area (Å²) in [5.74, 6) is -0.142. The number of carbonyl (C=O) groups excluding carboxylic acids is 2. The minimum Gasteiger partial charge on any atom is -0.497 e. The molecule has 0 unspecified atom stereocenters. The third-order valence-electron chi connectivity index (χ3n) is 3.57. The molecule has 0 saturated heterocycles. The molecule has 0 aliphatic carbocycles. The van der Waals surface area contributed by atoms with Crippen molar-refractivity contribution in [3.63, 3.8) is 0 Å². The minimum absolute atomic E-state index is 0.0828. The minimum atomic E-state index is -1.01. The molecule has 1 aromatic rings. The van der Waals surface area contributed by atoms with Crippen LogP contribution in [0.1, 0.15) is 20.8 Å². The van der Waals surface area contributed by atoms with E-state index in [2.05, 4.69) is 5.32 Å². The molecule has 0 radical (unpaired) electrons. The van der Waals surface area contributed by atoms with E-state index in [1.165, 1.54) is 0 Å². The molecule has 0 aliphatic heterocycles. The normalized spacial score (nSPS) is 12.7. The lowest BCUT2D eigenvalue weighted by Crippen LogP contribution is -2.50. The van der Waals surface area contributed by atoms with Crippen molar-refractivity contribution in [1.82, 2.24) is 5.32 Å². The molecule has 0 saturated carbocycles. The summed E-state index contributed by atoms with van der Waals surface area (Å²) in [6.45, 7) is 4.47. The van der Waals surface area contributed by atoms with Gasteiger partial charge in [-0.2, -0.15) is 5.26 Å². The van der Waals surface area contributed by atoms with Gasteiger partial charge in [0.15, 0.2) is 13.2 Å². The van der Waals surface area contributed by atoms with E-state index in [9.17, 15) is 9.59 Å². The van der Waals surface area contributed by atoms with E-state index in [0.717, 1.165) is 0 Å². The van der Waals surface area contributed by atoms with Crippen LogP contribution < -0.4 is 14.8 Å². The van der Waals surface area contributed by atoms with E-state index in [0.29, 0.717) is 11.5 Å². The van der Waals surface area contributed by atoms with Crippen molar-refractivity contribution in [2.75, 3.05) is 20.3 Å². The molecule has 1 N–H and O–H groups in total. The molecule has 0 spiro atoms. The monoisotopic (exact) mass is 334 g/mol. The molecule has 1 amide bonds. The second-order valence-corrected chi connectivity index (χ2v) is 5.64. The van der Waals surface area contributed by atoms with Crippen LogP contribution in [-0.4, -0.2) is 37.7 Å². The zero-order valence-corrected chi connectivity index (χ0v) is 14.3. The molecule has 0 aliphatic rings. The van der Waals surface area contributed by atoms with Crippen LogP contribution >= 0.6 is 0 Å². The lowest BCUT2D eigenvalue weighted by molar-refractivity contribution is -0.150. The Labute approximate surface area is 141 Å². The summed E-state index contributed by atoms with van der Waals surface area (Å²) in [7, 11) is 1.55. The average molecular weight is 334 g/mol. The highest BCUT2D eigenvalue weighted by atomic mass is 16.6. The van der Waals surface area contributed by atoms with Crippen LogP contribution in [0.5, 0.6) is 11.5 Å². The maximum atomic E-state index is 11.8. The fourth-order valence-corrected chi connectivity index (χ4v) is 1.63. The Balaban J connectivity index is 2.37. The van der Waals surface area contributed by atoms with Crippen molar-refractivity contribution in [3.05, 3.63) is 24.3 Å². The number of benzene rings is 1. The Hall–Kier alpha value is -2.75. The van der Waals surface area contributed by atoms with Gasteiger partial charge in [0.1, 0.15) is 17.0 Å². The molecule has 1 rings (SSSR count). The number of ether oxygens (including phenoxy) is 3. The van der Waals surface area contributed by atoms with Gasteiger partial charge in [0.2, 0.25) is 0 Å². The van der Waals surface area contributed by atoms with Crippen LogP contribution in [0.25, 0.3) is 0 Å². The van der Waals surface area contributed by atoms with E-state index in [1.54, 1.807) is 38.3 Å². The topological polar surface area (TPSA) is 97.7 Å². The molecular formula is C17H22N2O5. The van der Waals surface area contributed by atoms with Gasteiger partial charge in [-0.05, 0) is 37.1 Å². The summed E-state index contributed by atoms with van der Waals surface area (Å²) in [5, 5.41) is 11.7. The van der Waals surface area contributed by atoms with Crippen molar-refractivity contribution in [2.45, 2.75) is 26.3 Å². The molecule has 0 bridgehead atoms. The Bertz CT molecular complexity index is 606. The average Bonchev–Trinajstić information content (AvgIpc) is 2.58. The molecule has 24 heavy (non-hydrogen) atoms. The number of esters is 1. The number of amides is 1. The van der Waals surface area contributed by atoms with Gasteiger partial charge in [0, 0.05) is 0 Å². The van der Waals surface area contributed by atoms with Gasteiger partial charge in [-0.3, -0.25) is 4.79 Å². The van der Waals surface area contributed by atoms with E-state index in [1.807, 2.05) is 19.9 Å². The van der Waals surface area contributed by atoms with Crippen molar-refractivity contribution in [1.29, 1.82) is 5.26 Å². The van der Waals surface area contributed by atoms with Crippen LogP contribution in [0.2, 0.25) is 0 Å². The van der Waals surface area contributed by atoms with E-state index >= 15 is 0 Å². The molecule has 1 aromatic carbocycles. The highest BCUT2D eigenvalue weighted by molar-refractivity contribution is 5.81. The lowest BCUT2D eigenvalue weighted by atomic mass is 9.90. The van der Waals surface area contributed by atoms with Crippen LogP contribution in [-0.2, 0) is 14.3 Å². The number of rotatable bonds is 8. The van der Waals surface area contributed by atoms with Gasteiger partial charge < -0.3 is 19.5 Å². The maximum Gasteiger partial charge on any atom is 0.344 e. The van der Waals surface area contributed by atoms with Crippen LogP contribution in [0, 0.1) is 17.2 Å². The summed E-state index contributed by atoms with van der Waals surface area (Å²) in [6, 6.07) is 8.74. The number of hydrogen-bond acceptors (Lipinski definition) is 6. The summed E-state index contributed by atoms with van der Waals surface area (Å²) in [4.78, 5) is 23.4. The zero-order chi connectivity index (χ0) is 18.2. The number of nitrogens with zero attached hydrogens (tertiary/aromatic N) is 1. The molecular weight excluding hydrogens is 312 g/mol. The fourth-order valence-electron chi connectivity index (χ4n) is 1.63. The molecule has 7 heteroatoms. The predicted octanol–water partition coefficient (Wildman–Crippen LogP) is 1.67. The van der Waals surface area contributed by atoms with Crippen LogP contribution in [0.15, 0.2) is 24.3 Å². The van der Waals surface area contributed by atoms with Crippen LogP contribution in [0.4, 0.5) is 0 Å². The van der Waals surface area contributed by atoms with Gasteiger partial charge in [-0.25, -0.2) is 4.79 Å². The third-order valence-corrected chi connectivity index (χ3v) is 3.57. The summed E-state index contributed by atoms with van der Waals surface area (Å²) >= 11 is 0. The van der Waals surface area contributed by atoms with Gasteiger partial charge in [-0.1, -0.05) is 13.8 Å². The van der Waals surface area contributed by atoms with E-state index < -0.39 is 24.0 Å². The Morgan fingerprint density at radius 3 is 2.29 bits per heavy atom. The first-order valence-electron chi connectivity index (χ1n) is 7.45. The first-order valence-corrected chi connectivity index (χ1v) is 7.45. The van der Waals surface area contributed by atoms with E-state index in [4.69, 9.17) is 19.5 Å². The predicted molar refractivity (Wildman–Crippen MR) is 86.4 cm³/mol. The molecule has 0 heterocycles. The maximum absolute atomic E-state index is 11.8. The number of hydrogen-bond donors (Lipinski definition) is 1. The molecule has 0 aromatic heterocycles. The van der Waals surface area contributed by atoms with Crippen molar-refractivity contribution in [3.8, 4) is 17.6 Å². The molecule has 130 valence electrons. The van der Waals surface area contributed by atoms with Gasteiger partial charge >= 0.3 is 5.97 Å². The quantitative estimate of drug-likeness (QED) is 0.726. The summed E-state index contributed by atoms with van der Waals surface area (Å²) in [5.41, 5.74) is -1.01. The van der Waals surface area contributed by atoms with Crippen molar-refractivity contribution >= 4 is 11.9 Å². The number of carbonyl (C=O) groups is 2. The highest BCUT2D eigenvalue weighted by Gasteiger charge is 2.30. The Morgan fingerprint density at radius 2 is 1.79 bits per heavy atom. The number of nitrogens with one attached hydrogen (secondary N) is 1. The highest BCUT2D eigenvalue weighted by Crippen LogP contribution is 2.17. The first-order chi connectivity index (χ1) is 11.3. The van der Waals surface area contributed by atoms with Crippen molar-refractivity contribution < 1.29 is 23.8 Å². The number of methoxy groups -OCH3 is 1. The van der Waals surface area contributed by atoms with Gasteiger partial charge in [0.05, 0.1) is 13.2 Å². The number of nitriles is 1. The summed E-state index contributed by atoms with van der Waals surface area (Å²) < 4.78 is 15.1. The first kappa shape index (κ1) is 19.3. The van der Waals surface area contributed by atoms with Gasteiger partial charge in [-0.15, -0.1) is 0 Å². The largest absolute Gasteiger partial charge is 0.497 e. The SMILES string of the molecule is COc1ccc(OCC(=O)OCC(=O)N[C@@](C)(C#N)C(C)C)cc1. The Morgan fingerprint density at radius 1 is 1.21 bits per heavy atom. The second kappa shape index (κ2) is 8.77. The Kier molecular flexibility index (Phi) is 7.05. The van der Waals surface area contributed by atoms with Crippen molar-refractivity contribution in [2.24, 2.45) is 5.92 Å². The standard InChI is InChI=1S/C17H22N2O5/c1-12(2)17(3,11-18)19-15(20)9-24-16(21)10-23-14-7-5-13(22-4)6-8-14/h5-8,12H,9-10H2,1-4H3,(H,19,20)/t17-/m0/s1. The molecule has 7 nitrogen and oxygen atoms in total. The fraction of sp³-hybridized carbons (Fsp3) is 0.471. The van der Waals surface area contributed by atoms with Crippen LogP contribution in [0.3, 0.4) is 0 Å². The second-order valence-electron chi connectivity index (χ2n) is 5.64. The smallest absolute Gasteiger partial charge is 0.344 e. The molecule has 0 fully saturated rings. The zero-order valence-electron chi connectivity index (χ0n) is 14.3. The lowest BCUT2D eigenvalue weighted by Gasteiger charge is -2.27. The van der Waals surface area contributed by atoms with Gasteiger partial charge in [0.25, 0.3) is 5.91 Å². The summed E-state index contributed by atoms with van der Waals surface area (Å²) in [6.07, 6.45) is 0. The van der Waals surface area contributed by atoms with E-state index in [-0.39, 0.29) is 12.5 Å². The molecule has 1 atom stereocenters. The third kappa shape index (κ3) is 5.80.